The van der Waals surface area contributed by atoms with Crippen LogP contribution in [-0.2, 0) is 0 Å². The van der Waals surface area contributed by atoms with Gasteiger partial charge in [0.15, 0.2) is 0 Å². The van der Waals surface area contributed by atoms with Crippen LogP contribution < -0.4 is 5.32 Å². The average molecular weight is 241 g/mol. The molecule has 0 bridgehead atoms. The van der Waals surface area contributed by atoms with E-state index < -0.39 is 5.60 Å². The van der Waals surface area contributed by atoms with Crippen molar-refractivity contribution in [2.24, 2.45) is 17.8 Å². The summed E-state index contributed by atoms with van der Waals surface area (Å²) in [4.78, 5) is 0. The fraction of sp³-hybridized carbons (Fsp3) is 1.00. The van der Waals surface area contributed by atoms with E-state index >= 15 is 0 Å². The van der Waals surface area contributed by atoms with Gasteiger partial charge in [-0.3, -0.25) is 0 Å². The van der Waals surface area contributed by atoms with Crippen LogP contribution in [0.15, 0.2) is 0 Å². The van der Waals surface area contributed by atoms with Gasteiger partial charge in [0.2, 0.25) is 0 Å². The molecule has 2 unspecified atom stereocenters. The maximum absolute atomic E-state index is 10.6. The summed E-state index contributed by atoms with van der Waals surface area (Å²) in [5.74, 6) is 2.24. The Kier molecular flexibility index (Phi) is 5.94. The lowest BCUT2D eigenvalue weighted by atomic mass is 9.88. The van der Waals surface area contributed by atoms with E-state index in [9.17, 15) is 5.11 Å². The minimum atomic E-state index is -0.446. The van der Waals surface area contributed by atoms with Crippen molar-refractivity contribution in [1.29, 1.82) is 0 Å². The number of rotatable bonds is 5. The van der Waals surface area contributed by atoms with Crippen molar-refractivity contribution >= 4 is 0 Å². The van der Waals surface area contributed by atoms with E-state index in [0.717, 1.165) is 37.8 Å². The Morgan fingerprint density at radius 1 is 1.18 bits per heavy atom. The summed E-state index contributed by atoms with van der Waals surface area (Å²) >= 11 is 0. The van der Waals surface area contributed by atoms with E-state index in [1.165, 1.54) is 19.3 Å². The Morgan fingerprint density at radius 3 is 2.47 bits per heavy atom. The molecule has 1 aliphatic carbocycles. The zero-order valence-corrected chi connectivity index (χ0v) is 12.1. The Hall–Kier alpha value is -0.0800. The van der Waals surface area contributed by atoms with Gasteiger partial charge in [-0.15, -0.1) is 0 Å². The lowest BCUT2D eigenvalue weighted by Crippen LogP contribution is -2.41. The van der Waals surface area contributed by atoms with Gasteiger partial charge in [-0.1, -0.05) is 40.5 Å². The second-order valence-electron chi connectivity index (χ2n) is 6.68. The van der Waals surface area contributed by atoms with E-state index in [4.69, 9.17) is 0 Å². The van der Waals surface area contributed by atoms with Crippen LogP contribution in [0, 0.1) is 17.8 Å². The molecule has 2 N–H and O–H groups in total. The summed E-state index contributed by atoms with van der Waals surface area (Å²) in [6.07, 6.45) is 5.62. The fourth-order valence-electron chi connectivity index (χ4n) is 2.85. The standard InChI is InChI=1S/C15H31NO/c1-12(2)10-16-11-15(17)8-5-6-14(7-9-15)13(3)4/h12-14,16-17H,5-11H2,1-4H3. The minimum absolute atomic E-state index is 0.446. The Morgan fingerprint density at radius 2 is 1.88 bits per heavy atom. The van der Waals surface area contributed by atoms with Crippen molar-refractivity contribution < 1.29 is 5.11 Å². The summed E-state index contributed by atoms with van der Waals surface area (Å²) in [5.41, 5.74) is -0.446. The van der Waals surface area contributed by atoms with Crippen LogP contribution in [0.2, 0.25) is 0 Å². The van der Waals surface area contributed by atoms with Crippen LogP contribution in [0.4, 0.5) is 0 Å². The summed E-state index contributed by atoms with van der Waals surface area (Å²) in [6.45, 7) is 10.8. The van der Waals surface area contributed by atoms with Crippen LogP contribution in [0.5, 0.6) is 0 Å². The zero-order valence-electron chi connectivity index (χ0n) is 12.1. The topological polar surface area (TPSA) is 32.3 Å². The molecule has 1 rings (SSSR count). The molecule has 1 saturated carbocycles. The maximum atomic E-state index is 10.6. The van der Waals surface area contributed by atoms with Gasteiger partial charge in [0.25, 0.3) is 0 Å². The van der Waals surface area contributed by atoms with Gasteiger partial charge < -0.3 is 10.4 Å². The Balaban J connectivity index is 2.37. The predicted octanol–water partition coefficient (Wildman–Crippen LogP) is 3.20. The molecule has 2 nitrogen and oxygen atoms in total. The van der Waals surface area contributed by atoms with E-state index in [-0.39, 0.29) is 0 Å². The quantitative estimate of drug-likeness (QED) is 0.725. The number of aliphatic hydroxyl groups is 1. The van der Waals surface area contributed by atoms with Gasteiger partial charge in [0.05, 0.1) is 5.60 Å². The first-order chi connectivity index (χ1) is 7.93. The normalized spacial score (nSPS) is 30.9. The van der Waals surface area contributed by atoms with Gasteiger partial charge >= 0.3 is 0 Å². The third kappa shape index (κ3) is 5.39. The number of hydrogen-bond donors (Lipinski definition) is 2. The van der Waals surface area contributed by atoms with Crippen LogP contribution in [0.1, 0.15) is 59.8 Å². The Labute approximate surface area is 107 Å². The third-order valence-corrected chi connectivity index (χ3v) is 4.15. The van der Waals surface area contributed by atoms with Gasteiger partial charge in [-0.05, 0) is 43.6 Å². The SMILES string of the molecule is CC(C)CNCC1(O)CCCC(C(C)C)CC1. The van der Waals surface area contributed by atoms with Crippen LogP contribution in [0.25, 0.3) is 0 Å². The first-order valence-electron chi connectivity index (χ1n) is 7.36. The van der Waals surface area contributed by atoms with Crippen LogP contribution in [-0.4, -0.2) is 23.8 Å². The molecule has 2 atom stereocenters. The van der Waals surface area contributed by atoms with Gasteiger partial charge in [0, 0.05) is 6.54 Å². The molecule has 2 heteroatoms. The first-order valence-corrected chi connectivity index (χ1v) is 7.36. The van der Waals surface area contributed by atoms with Gasteiger partial charge in [0.1, 0.15) is 0 Å². The maximum Gasteiger partial charge on any atom is 0.0771 e. The number of nitrogens with one attached hydrogen (secondary N) is 1. The molecule has 102 valence electrons. The van der Waals surface area contributed by atoms with Crippen LogP contribution >= 0.6 is 0 Å². The zero-order chi connectivity index (χ0) is 12.9. The van der Waals surface area contributed by atoms with Crippen molar-refractivity contribution in [2.75, 3.05) is 13.1 Å². The number of hydrogen-bond acceptors (Lipinski definition) is 2. The van der Waals surface area contributed by atoms with E-state index in [2.05, 4.69) is 33.0 Å². The van der Waals surface area contributed by atoms with Crippen LogP contribution in [0.3, 0.4) is 0 Å². The fourth-order valence-corrected chi connectivity index (χ4v) is 2.85. The molecule has 0 aromatic heterocycles. The van der Waals surface area contributed by atoms with Gasteiger partial charge in [-0.25, -0.2) is 0 Å². The van der Waals surface area contributed by atoms with Crippen molar-refractivity contribution in [1.82, 2.24) is 5.32 Å². The van der Waals surface area contributed by atoms with E-state index in [1.54, 1.807) is 0 Å². The minimum Gasteiger partial charge on any atom is -0.389 e. The van der Waals surface area contributed by atoms with E-state index in [0.29, 0.717) is 5.92 Å². The molecule has 0 aliphatic heterocycles. The van der Waals surface area contributed by atoms with Crippen molar-refractivity contribution in [3.8, 4) is 0 Å². The monoisotopic (exact) mass is 241 g/mol. The predicted molar refractivity (Wildman–Crippen MR) is 74.1 cm³/mol. The highest BCUT2D eigenvalue weighted by Gasteiger charge is 2.31. The molecule has 0 heterocycles. The summed E-state index contributed by atoms with van der Waals surface area (Å²) < 4.78 is 0. The molecule has 0 saturated heterocycles. The smallest absolute Gasteiger partial charge is 0.0771 e. The van der Waals surface area contributed by atoms with Crippen molar-refractivity contribution in [2.45, 2.75) is 65.4 Å². The first kappa shape index (κ1) is 15.0. The molecule has 17 heavy (non-hydrogen) atoms. The third-order valence-electron chi connectivity index (χ3n) is 4.15. The molecule has 0 spiro atoms. The molecule has 1 aliphatic rings. The molecular weight excluding hydrogens is 210 g/mol. The molecular formula is C15H31NO. The summed E-state index contributed by atoms with van der Waals surface area (Å²) in [6, 6.07) is 0. The van der Waals surface area contributed by atoms with E-state index in [1.807, 2.05) is 0 Å². The average Bonchev–Trinajstić information content (AvgIpc) is 2.40. The second kappa shape index (κ2) is 6.75. The van der Waals surface area contributed by atoms with Crippen molar-refractivity contribution in [3.05, 3.63) is 0 Å². The molecule has 0 amide bonds. The lowest BCUT2D eigenvalue weighted by Gasteiger charge is -2.28. The Bertz CT molecular complexity index is 215. The van der Waals surface area contributed by atoms with Gasteiger partial charge in [-0.2, -0.15) is 0 Å². The molecule has 1 fully saturated rings. The summed E-state index contributed by atoms with van der Waals surface area (Å²) in [5, 5.41) is 14.0. The summed E-state index contributed by atoms with van der Waals surface area (Å²) in [7, 11) is 0. The highest BCUT2D eigenvalue weighted by atomic mass is 16.3. The van der Waals surface area contributed by atoms with Crippen molar-refractivity contribution in [3.63, 3.8) is 0 Å². The lowest BCUT2D eigenvalue weighted by molar-refractivity contribution is 0.0233. The highest BCUT2D eigenvalue weighted by molar-refractivity contribution is 4.86. The largest absolute Gasteiger partial charge is 0.389 e. The molecule has 0 aromatic carbocycles. The molecule has 0 radical (unpaired) electrons. The second-order valence-corrected chi connectivity index (χ2v) is 6.68. The highest BCUT2D eigenvalue weighted by Crippen LogP contribution is 2.33. The molecule has 0 aromatic rings.